The van der Waals surface area contributed by atoms with Gasteiger partial charge in [-0.3, -0.25) is 4.98 Å². The van der Waals surface area contributed by atoms with Gasteiger partial charge in [0.15, 0.2) is 0 Å². The zero-order valence-corrected chi connectivity index (χ0v) is 12.6. The topological polar surface area (TPSA) is 12.9 Å². The first-order valence-electron chi connectivity index (χ1n) is 4.38. The zero-order chi connectivity index (χ0) is 11.7. The normalized spacial score (nSPS) is 6.50. The molecule has 0 aliphatic carbocycles. The number of hydrogen-bond donors (Lipinski definition) is 0. The van der Waals surface area contributed by atoms with Crippen molar-refractivity contribution in [2.24, 2.45) is 0 Å². The molecule has 1 rings (SSSR count). The molecule has 0 amide bonds. The first-order valence-corrected chi connectivity index (χ1v) is 9.11. The van der Waals surface area contributed by atoms with Crippen LogP contribution in [0.2, 0.25) is 0 Å². The molecular formula is C11H19AuBrN-2. The Balaban J connectivity index is -0.000000132. The standard InChI is InChI=1S/C5H5N.2C3H7.Au.BrH/c1-2-4-6-5-3-1;2*1-3-2;;/h1-5H;2*1,3H2,2H3;;1H/q;2*-1;+1;/p-1. The quantitative estimate of drug-likeness (QED) is 0.430. The fraction of sp³-hybridized carbons (Fsp3) is 0.364. The Labute approximate surface area is 108 Å². The Bertz CT molecular complexity index is 107. The fourth-order valence-corrected chi connectivity index (χ4v) is 0.313. The average Bonchev–Trinajstić information content (AvgIpc) is 2.26. The van der Waals surface area contributed by atoms with Crippen LogP contribution < -0.4 is 0 Å². The van der Waals surface area contributed by atoms with E-state index in [0.29, 0.717) is 0 Å². The van der Waals surface area contributed by atoms with Crippen molar-refractivity contribution in [3.8, 4) is 0 Å². The fourth-order valence-electron chi connectivity index (χ4n) is 0.313. The summed E-state index contributed by atoms with van der Waals surface area (Å²) in [5.41, 5.74) is 0. The predicted molar refractivity (Wildman–Crippen MR) is 64.5 cm³/mol. The first-order chi connectivity index (χ1) is 6.83. The molecule has 0 saturated heterocycles. The minimum Gasteiger partial charge on any atom is -0.344 e. The molecule has 0 spiro atoms. The summed E-state index contributed by atoms with van der Waals surface area (Å²) in [6.45, 7) is 11.0. The third kappa shape index (κ3) is 39.4. The molecule has 1 heterocycles. The number of hydrogen-bond acceptors (Lipinski definition) is 1. The van der Waals surface area contributed by atoms with Gasteiger partial charge in [-0.2, -0.15) is 12.8 Å². The van der Waals surface area contributed by atoms with Gasteiger partial charge in [0.25, 0.3) is 0 Å². The summed E-state index contributed by atoms with van der Waals surface area (Å²) >= 11 is 4.97. The second-order valence-corrected chi connectivity index (χ2v) is 2.02. The molecule has 0 bridgehead atoms. The Morgan fingerprint density at radius 2 is 1.29 bits per heavy atom. The molecule has 3 heteroatoms. The first kappa shape index (κ1) is 19.9. The molecule has 88 valence electrons. The van der Waals surface area contributed by atoms with Crippen LogP contribution in [-0.4, -0.2) is 4.98 Å². The van der Waals surface area contributed by atoms with Gasteiger partial charge < -0.3 is 13.8 Å². The van der Waals surface area contributed by atoms with Crippen molar-refractivity contribution >= 4 is 13.0 Å². The summed E-state index contributed by atoms with van der Waals surface area (Å²) in [6, 6.07) is 5.72. The van der Waals surface area contributed by atoms with Crippen molar-refractivity contribution in [3.63, 3.8) is 0 Å². The van der Waals surface area contributed by atoms with Crippen molar-refractivity contribution in [2.75, 3.05) is 0 Å². The van der Waals surface area contributed by atoms with Crippen LogP contribution in [0.25, 0.3) is 0 Å². The summed E-state index contributed by atoms with van der Waals surface area (Å²) in [6.07, 6.45) is 5.50. The number of rotatable bonds is 0. The summed E-state index contributed by atoms with van der Waals surface area (Å²) < 4.78 is 0. The molecule has 0 aliphatic heterocycles. The Morgan fingerprint density at radius 1 is 1.00 bits per heavy atom. The summed E-state index contributed by atoms with van der Waals surface area (Å²) in [4.78, 5) is 3.78. The Hall–Kier alpha value is 0.370. The van der Waals surface area contributed by atoms with E-state index in [2.05, 4.69) is 50.8 Å². The SMILES string of the molecule is [Br][Au].[CH2-]CC.[CH2-]CC.c1ccncc1. The third-order valence-electron chi connectivity index (χ3n) is 0.566. The molecule has 0 aromatic carbocycles. The molecule has 0 atom stereocenters. The molecule has 1 aromatic rings. The van der Waals surface area contributed by atoms with E-state index in [1.165, 1.54) is 0 Å². The molecule has 1 aromatic heterocycles. The van der Waals surface area contributed by atoms with Crippen LogP contribution in [0.15, 0.2) is 30.6 Å². The maximum absolute atomic E-state index is 3.78. The van der Waals surface area contributed by atoms with Gasteiger partial charge in [0.2, 0.25) is 0 Å². The van der Waals surface area contributed by atoms with Gasteiger partial charge in [-0.15, -0.1) is 0 Å². The third-order valence-corrected chi connectivity index (χ3v) is 0.566. The smallest absolute Gasteiger partial charge is 0.0267 e. The van der Waals surface area contributed by atoms with E-state index in [4.69, 9.17) is 0 Å². The van der Waals surface area contributed by atoms with Crippen LogP contribution >= 0.6 is 13.0 Å². The van der Waals surface area contributed by atoms with Gasteiger partial charge in [0.05, 0.1) is 0 Å². The molecule has 0 radical (unpaired) electrons. The van der Waals surface area contributed by atoms with E-state index >= 15 is 0 Å². The van der Waals surface area contributed by atoms with Crippen LogP contribution in [0.5, 0.6) is 0 Å². The largest absolute Gasteiger partial charge is 0.344 e. The minimum atomic E-state index is 1.00. The van der Waals surface area contributed by atoms with Gasteiger partial charge in [0.1, 0.15) is 0 Å². The monoisotopic (exact) mass is 441 g/mol. The van der Waals surface area contributed by atoms with Gasteiger partial charge in [0, 0.05) is 12.4 Å². The molecule has 0 N–H and O–H groups in total. The number of aromatic nitrogens is 1. The van der Waals surface area contributed by atoms with Crippen LogP contribution in [0.3, 0.4) is 0 Å². The van der Waals surface area contributed by atoms with Crippen molar-refractivity contribution < 1.29 is 18.9 Å². The summed E-state index contributed by atoms with van der Waals surface area (Å²) in [5.74, 6) is 0. The predicted octanol–water partition coefficient (Wildman–Crippen LogP) is 4.39. The van der Waals surface area contributed by atoms with Crippen LogP contribution in [0.4, 0.5) is 0 Å². The maximum Gasteiger partial charge on any atom is 0.0267 e. The van der Waals surface area contributed by atoms with Crippen molar-refractivity contribution in [1.82, 2.24) is 4.98 Å². The second-order valence-electron chi connectivity index (χ2n) is 2.02. The number of nitrogens with zero attached hydrogens (tertiary/aromatic N) is 1. The Kier molecular flexibility index (Phi) is 41.4. The molecule has 1 nitrogen and oxygen atoms in total. The average molecular weight is 442 g/mol. The summed E-state index contributed by atoms with van der Waals surface area (Å²) in [7, 11) is 0. The van der Waals surface area contributed by atoms with Crippen molar-refractivity contribution in [1.29, 1.82) is 0 Å². The van der Waals surface area contributed by atoms with Crippen LogP contribution in [0.1, 0.15) is 26.7 Å². The van der Waals surface area contributed by atoms with E-state index in [-0.39, 0.29) is 0 Å². The second kappa shape index (κ2) is 29.2. The van der Waals surface area contributed by atoms with E-state index in [1.807, 2.05) is 32.0 Å². The van der Waals surface area contributed by atoms with E-state index < -0.39 is 0 Å². The molecular weight excluding hydrogens is 423 g/mol. The summed E-state index contributed by atoms with van der Waals surface area (Å²) in [5, 5.41) is 0. The minimum absolute atomic E-state index is 1.00. The van der Waals surface area contributed by atoms with Gasteiger partial charge in [-0.05, 0) is 12.1 Å². The molecule has 14 heavy (non-hydrogen) atoms. The van der Waals surface area contributed by atoms with E-state index in [1.54, 1.807) is 12.4 Å². The van der Waals surface area contributed by atoms with Crippen LogP contribution in [0, 0.1) is 13.8 Å². The molecule has 0 fully saturated rings. The Morgan fingerprint density at radius 3 is 1.36 bits per heavy atom. The number of halogens is 1. The van der Waals surface area contributed by atoms with Crippen molar-refractivity contribution in [2.45, 2.75) is 26.7 Å². The van der Waals surface area contributed by atoms with Gasteiger partial charge in [-0.1, -0.05) is 19.9 Å². The number of pyridine rings is 1. The van der Waals surface area contributed by atoms with E-state index in [9.17, 15) is 0 Å². The van der Waals surface area contributed by atoms with Crippen LogP contribution in [-0.2, 0) is 18.9 Å². The molecule has 0 unspecified atom stereocenters. The van der Waals surface area contributed by atoms with Crippen molar-refractivity contribution in [3.05, 3.63) is 44.4 Å². The van der Waals surface area contributed by atoms with Gasteiger partial charge in [-0.25, -0.2) is 0 Å². The van der Waals surface area contributed by atoms with E-state index in [0.717, 1.165) is 12.8 Å². The zero-order valence-electron chi connectivity index (χ0n) is 8.84. The maximum atomic E-state index is 3.78. The molecule has 0 aliphatic rings. The molecule has 0 saturated carbocycles. The van der Waals surface area contributed by atoms with Gasteiger partial charge >= 0.3 is 32.0 Å².